The Morgan fingerprint density at radius 3 is 2.76 bits per heavy atom. The third-order valence-corrected chi connectivity index (χ3v) is 5.34. The minimum Gasteiger partial charge on any atom is -0.497 e. The SMILES string of the molecule is COc1ccc(NC(=O)ON2CCN(c3nc(N)nc4scnc34)CC2)c(C)c1. The maximum absolute atomic E-state index is 12.3. The lowest BCUT2D eigenvalue weighted by atomic mass is 10.2. The van der Waals surface area contributed by atoms with Crippen LogP contribution in [0.1, 0.15) is 5.56 Å². The number of aryl methyl sites for hydroxylation is 1. The third kappa shape index (κ3) is 4.15. The van der Waals surface area contributed by atoms with Crippen LogP contribution in [0.3, 0.4) is 0 Å². The number of hydrogen-bond donors (Lipinski definition) is 2. The van der Waals surface area contributed by atoms with E-state index in [9.17, 15) is 4.79 Å². The van der Waals surface area contributed by atoms with Gasteiger partial charge < -0.3 is 20.2 Å². The predicted octanol–water partition coefficient (Wildman–Crippen LogP) is 2.27. The highest BCUT2D eigenvalue weighted by Crippen LogP contribution is 2.27. The summed E-state index contributed by atoms with van der Waals surface area (Å²) in [7, 11) is 1.60. The molecule has 0 aliphatic carbocycles. The molecule has 0 unspecified atom stereocenters. The molecule has 0 saturated carbocycles. The molecule has 3 N–H and O–H groups in total. The van der Waals surface area contributed by atoms with Crippen molar-refractivity contribution in [1.29, 1.82) is 0 Å². The summed E-state index contributed by atoms with van der Waals surface area (Å²) in [4.78, 5) is 33.4. The molecular weight excluding hydrogens is 394 g/mol. The summed E-state index contributed by atoms with van der Waals surface area (Å²) in [5.74, 6) is 1.67. The van der Waals surface area contributed by atoms with Gasteiger partial charge in [0.25, 0.3) is 0 Å². The number of nitrogens with two attached hydrogens (primary N) is 1. The number of fused-ring (bicyclic) bond motifs is 1. The molecule has 1 amide bonds. The highest BCUT2D eigenvalue weighted by molar-refractivity contribution is 7.16. The van der Waals surface area contributed by atoms with E-state index < -0.39 is 6.09 Å². The zero-order chi connectivity index (χ0) is 20.4. The van der Waals surface area contributed by atoms with Crippen LogP contribution in [0.2, 0.25) is 0 Å². The molecule has 29 heavy (non-hydrogen) atoms. The van der Waals surface area contributed by atoms with Gasteiger partial charge >= 0.3 is 6.09 Å². The number of thiazole rings is 1. The smallest absolute Gasteiger partial charge is 0.430 e. The van der Waals surface area contributed by atoms with Crippen molar-refractivity contribution in [2.45, 2.75) is 6.92 Å². The summed E-state index contributed by atoms with van der Waals surface area (Å²) in [6.07, 6.45) is -0.528. The molecule has 4 rings (SSSR count). The van der Waals surface area contributed by atoms with E-state index in [-0.39, 0.29) is 5.95 Å². The van der Waals surface area contributed by atoms with Crippen molar-refractivity contribution in [3.05, 3.63) is 29.3 Å². The molecule has 152 valence electrons. The fraction of sp³-hybridized carbons (Fsp3) is 0.333. The number of nitrogens with one attached hydrogen (secondary N) is 1. The van der Waals surface area contributed by atoms with E-state index >= 15 is 0 Å². The van der Waals surface area contributed by atoms with E-state index in [1.807, 2.05) is 13.0 Å². The Morgan fingerprint density at radius 2 is 2.03 bits per heavy atom. The number of carbonyl (C=O) groups is 1. The number of benzene rings is 1. The number of carbonyl (C=O) groups excluding carboxylic acids is 1. The van der Waals surface area contributed by atoms with Crippen LogP contribution in [-0.4, -0.2) is 59.4 Å². The molecule has 1 aromatic carbocycles. The lowest BCUT2D eigenvalue weighted by Crippen LogP contribution is -2.47. The fourth-order valence-corrected chi connectivity index (χ4v) is 3.79. The molecule has 2 aromatic heterocycles. The standard InChI is InChI=1S/C18H21N7O3S/c1-11-9-12(27-2)3-4-13(11)21-18(26)28-25-7-5-24(6-8-25)15-14-16(29-10-20-14)23-17(19)22-15/h3-4,9-10H,5-8H2,1-2H3,(H,21,26)(H2,19,22,23). The quantitative estimate of drug-likeness (QED) is 0.661. The van der Waals surface area contributed by atoms with Crippen LogP contribution in [0.25, 0.3) is 10.3 Å². The molecular formula is C18H21N7O3S. The Balaban J connectivity index is 1.35. The maximum atomic E-state index is 12.3. The van der Waals surface area contributed by atoms with E-state index in [4.69, 9.17) is 15.3 Å². The molecule has 10 nitrogen and oxygen atoms in total. The Kier molecular flexibility index (Phi) is 5.32. The third-order valence-electron chi connectivity index (χ3n) is 4.62. The summed E-state index contributed by atoms with van der Waals surface area (Å²) in [6, 6.07) is 5.42. The summed E-state index contributed by atoms with van der Waals surface area (Å²) in [5, 5.41) is 4.39. The molecule has 1 fully saturated rings. The second-order valence-electron chi connectivity index (χ2n) is 6.51. The Hall–Kier alpha value is -3.18. The topological polar surface area (TPSA) is 119 Å². The number of piperazine rings is 1. The number of nitrogens with zero attached hydrogens (tertiary/aromatic N) is 5. The van der Waals surface area contributed by atoms with Crippen LogP contribution >= 0.6 is 11.3 Å². The number of hydroxylamine groups is 2. The van der Waals surface area contributed by atoms with Crippen molar-refractivity contribution in [1.82, 2.24) is 20.0 Å². The van der Waals surface area contributed by atoms with Crippen molar-refractivity contribution < 1.29 is 14.4 Å². The summed E-state index contributed by atoms with van der Waals surface area (Å²) in [6.45, 7) is 4.20. The minimum absolute atomic E-state index is 0.227. The van der Waals surface area contributed by atoms with Gasteiger partial charge in [-0.05, 0) is 30.7 Å². The molecule has 1 aliphatic rings. The van der Waals surface area contributed by atoms with E-state index in [0.717, 1.165) is 21.7 Å². The Labute approximate surface area is 171 Å². The lowest BCUT2D eigenvalue weighted by molar-refractivity contribution is -0.0966. The fourth-order valence-electron chi connectivity index (χ4n) is 3.13. The number of ether oxygens (including phenoxy) is 1. The maximum Gasteiger partial charge on any atom is 0.430 e. The normalized spacial score (nSPS) is 14.8. The largest absolute Gasteiger partial charge is 0.497 e. The molecule has 3 heterocycles. The number of hydrogen-bond acceptors (Lipinski definition) is 10. The molecule has 0 radical (unpaired) electrons. The predicted molar refractivity (Wildman–Crippen MR) is 111 cm³/mol. The van der Waals surface area contributed by atoms with Crippen LogP contribution in [0.15, 0.2) is 23.7 Å². The van der Waals surface area contributed by atoms with Crippen molar-refractivity contribution in [2.24, 2.45) is 0 Å². The highest BCUT2D eigenvalue weighted by Gasteiger charge is 2.24. The van der Waals surface area contributed by atoms with Crippen LogP contribution in [0.5, 0.6) is 5.75 Å². The van der Waals surface area contributed by atoms with Gasteiger partial charge in [-0.15, -0.1) is 16.4 Å². The monoisotopic (exact) mass is 415 g/mol. The second-order valence-corrected chi connectivity index (χ2v) is 7.35. The average molecular weight is 415 g/mol. The number of nitrogen functional groups attached to an aromatic ring is 1. The molecule has 0 bridgehead atoms. The van der Waals surface area contributed by atoms with E-state index in [1.165, 1.54) is 11.3 Å². The van der Waals surface area contributed by atoms with Crippen molar-refractivity contribution in [3.63, 3.8) is 0 Å². The number of aromatic nitrogens is 3. The van der Waals surface area contributed by atoms with Crippen molar-refractivity contribution >= 4 is 45.2 Å². The zero-order valence-electron chi connectivity index (χ0n) is 16.1. The van der Waals surface area contributed by atoms with Gasteiger partial charge in [0, 0.05) is 18.8 Å². The summed E-state index contributed by atoms with van der Waals surface area (Å²) >= 11 is 1.43. The first-order valence-electron chi connectivity index (χ1n) is 9.03. The van der Waals surface area contributed by atoms with Gasteiger partial charge in [0.2, 0.25) is 5.95 Å². The lowest BCUT2D eigenvalue weighted by Gasteiger charge is -2.33. The summed E-state index contributed by atoms with van der Waals surface area (Å²) in [5.41, 5.74) is 9.86. The first kappa shape index (κ1) is 19.2. The molecule has 0 atom stereocenters. The van der Waals surface area contributed by atoms with Crippen molar-refractivity contribution in [3.8, 4) is 5.75 Å². The second kappa shape index (κ2) is 8.05. The van der Waals surface area contributed by atoms with E-state index in [0.29, 0.717) is 37.7 Å². The molecule has 0 spiro atoms. The highest BCUT2D eigenvalue weighted by atomic mass is 32.1. The van der Waals surface area contributed by atoms with Gasteiger partial charge in [-0.25, -0.2) is 14.8 Å². The molecule has 1 aliphatic heterocycles. The molecule has 11 heteroatoms. The summed E-state index contributed by atoms with van der Waals surface area (Å²) < 4.78 is 5.17. The van der Waals surface area contributed by atoms with Crippen LogP contribution in [0, 0.1) is 6.92 Å². The van der Waals surface area contributed by atoms with E-state index in [2.05, 4.69) is 25.2 Å². The number of methoxy groups -OCH3 is 1. The number of amides is 1. The first-order valence-corrected chi connectivity index (χ1v) is 9.91. The van der Waals surface area contributed by atoms with Gasteiger partial charge in [0.1, 0.15) is 11.3 Å². The van der Waals surface area contributed by atoms with E-state index in [1.54, 1.807) is 29.8 Å². The molecule has 3 aromatic rings. The first-order chi connectivity index (χ1) is 14.0. The number of anilines is 3. The van der Waals surface area contributed by atoms with Gasteiger partial charge in [-0.3, -0.25) is 5.32 Å². The Bertz CT molecular complexity index is 1030. The van der Waals surface area contributed by atoms with Crippen LogP contribution < -0.4 is 20.7 Å². The Morgan fingerprint density at radius 1 is 1.24 bits per heavy atom. The van der Waals surface area contributed by atoms with Crippen molar-refractivity contribution in [2.75, 3.05) is 49.2 Å². The number of rotatable bonds is 4. The van der Waals surface area contributed by atoms with Gasteiger partial charge in [0.05, 0.1) is 25.7 Å². The van der Waals surface area contributed by atoms with Crippen LogP contribution in [0.4, 0.5) is 22.2 Å². The van der Waals surface area contributed by atoms with Crippen LogP contribution in [-0.2, 0) is 4.84 Å². The van der Waals surface area contributed by atoms with Gasteiger partial charge in [0.15, 0.2) is 10.6 Å². The van der Waals surface area contributed by atoms with Gasteiger partial charge in [-0.2, -0.15) is 4.98 Å². The zero-order valence-corrected chi connectivity index (χ0v) is 16.9. The minimum atomic E-state index is -0.528. The van der Waals surface area contributed by atoms with Gasteiger partial charge in [-0.1, -0.05) is 0 Å². The average Bonchev–Trinajstić information content (AvgIpc) is 3.18. The molecule has 1 saturated heterocycles.